The zero-order chi connectivity index (χ0) is 12.9. The van der Waals surface area contributed by atoms with Crippen LogP contribution in [0.15, 0.2) is 0 Å². The van der Waals surface area contributed by atoms with E-state index in [2.05, 4.69) is 24.2 Å². The third-order valence-electron chi connectivity index (χ3n) is 3.78. The van der Waals surface area contributed by atoms with Crippen LogP contribution in [0, 0.1) is 5.41 Å². The number of likely N-dealkylation sites (tertiary alicyclic amines) is 1. The van der Waals surface area contributed by atoms with Gasteiger partial charge >= 0.3 is 0 Å². The van der Waals surface area contributed by atoms with Gasteiger partial charge in [0.2, 0.25) is 0 Å². The molecule has 102 valence electrons. The highest BCUT2D eigenvalue weighted by Gasteiger charge is 2.28. The number of sulfone groups is 1. The van der Waals surface area contributed by atoms with Crippen LogP contribution in [0.2, 0.25) is 0 Å². The molecule has 1 fully saturated rings. The lowest BCUT2D eigenvalue weighted by Gasteiger charge is -2.38. The molecule has 0 amide bonds. The number of nitrogens with one attached hydrogen (secondary N) is 1. The zero-order valence-corrected chi connectivity index (χ0v) is 12.1. The van der Waals surface area contributed by atoms with Crippen molar-refractivity contribution in [3.63, 3.8) is 0 Å². The van der Waals surface area contributed by atoms with E-state index in [1.165, 1.54) is 12.8 Å². The second-order valence-electron chi connectivity index (χ2n) is 5.53. The standard InChI is InChI=1S/C12H26N2O2S/c1-4-17(15,16)10-7-13-11-12(2)5-8-14(3)9-6-12/h13H,4-11H2,1-3H3. The summed E-state index contributed by atoms with van der Waals surface area (Å²) in [6, 6.07) is 0. The van der Waals surface area contributed by atoms with Crippen molar-refractivity contribution >= 4 is 9.84 Å². The molecule has 5 heteroatoms. The van der Waals surface area contributed by atoms with Gasteiger partial charge in [-0.3, -0.25) is 0 Å². The van der Waals surface area contributed by atoms with Crippen LogP contribution >= 0.6 is 0 Å². The molecule has 0 unspecified atom stereocenters. The first kappa shape index (κ1) is 14.9. The Morgan fingerprint density at radius 3 is 2.41 bits per heavy atom. The van der Waals surface area contributed by atoms with Crippen molar-refractivity contribution < 1.29 is 8.42 Å². The third kappa shape index (κ3) is 5.36. The number of hydrogen-bond donors (Lipinski definition) is 1. The maximum atomic E-state index is 11.3. The van der Waals surface area contributed by atoms with Crippen LogP contribution < -0.4 is 5.32 Å². The molecule has 1 rings (SSSR count). The summed E-state index contributed by atoms with van der Waals surface area (Å²) >= 11 is 0. The second-order valence-corrected chi connectivity index (χ2v) is 8.00. The van der Waals surface area contributed by atoms with Gasteiger partial charge in [-0.05, 0) is 38.4 Å². The lowest BCUT2D eigenvalue weighted by Crippen LogP contribution is -2.42. The molecule has 0 bridgehead atoms. The van der Waals surface area contributed by atoms with Gasteiger partial charge < -0.3 is 10.2 Å². The number of hydrogen-bond acceptors (Lipinski definition) is 4. The Kier molecular flexibility index (Phi) is 5.41. The average Bonchev–Trinajstić information content (AvgIpc) is 2.29. The quantitative estimate of drug-likeness (QED) is 0.718. The first-order valence-electron chi connectivity index (χ1n) is 6.47. The largest absolute Gasteiger partial charge is 0.315 e. The third-order valence-corrected chi connectivity index (χ3v) is 5.48. The lowest BCUT2D eigenvalue weighted by atomic mass is 9.80. The molecule has 0 aromatic rings. The Morgan fingerprint density at radius 1 is 1.29 bits per heavy atom. The van der Waals surface area contributed by atoms with Crippen LogP contribution in [0.25, 0.3) is 0 Å². The number of rotatable bonds is 6. The fraction of sp³-hybridized carbons (Fsp3) is 1.00. The molecule has 0 spiro atoms. The Bertz CT molecular complexity index is 319. The minimum absolute atomic E-state index is 0.247. The molecule has 1 aliphatic rings. The van der Waals surface area contributed by atoms with Crippen LogP contribution in [0.1, 0.15) is 26.7 Å². The van der Waals surface area contributed by atoms with E-state index in [1.54, 1.807) is 6.92 Å². The Hall–Kier alpha value is -0.130. The van der Waals surface area contributed by atoms with Gasteiger partial charge in [0.1, 0.15) is 0 Å². The van der Waals surface area contributed by atoms with E-state index in [1.807, 2.05) is 0 Å². The van der Waals surface area contributed by atoms with Crippen molar-refractivity contribution in [2.24, 2.45) is 5.41 Å². The lowest BCUT2D eigenvalue weighted by molar-refractivity contribution is 0.138. The van der Waals surface area contributed by atoms with Crippen LogP contribution in [-0.2, 0) is 9.84 Å². The maximum absolute atomic E-state index is 11.3. The maximum Gasteiger partial charge on any atom is 0.151 e. The van der Waals surface area contributed by atoms with Gasteiger partial charge in [0, 0.05) is 18.8 Å². The predicted octanol–water partition coefficient (Wildman–Crippen LogP) is 0.743. The molecule has 0 aliphatic carbocycles. The first-order valence-corrected chi connectivity index (χ1v) is 8.29. The Balaban J connectivity index is 2.22. The SMILES string of the molecule is CCS(=O)(=O)CCNCC1(C)CCN(C)CC1. The summed E-state index contributed by atoms with van der Waals surface area (Å²) in [4.78, 5) is 2.35. The molecule has 0 radical (unpaired) electrons. The molecule has 1 saturated heterocycles. The Morgan fingerprint density at radius 2 is 1.88 bits per heavy atom. The van der Waals surface area contributed by atoms with Gasteiger partial charge in [0.25, 0.3) is 0 Å². The van der Waals surface area contributed by atoms with E-state index in [-0.39, 0.29) is 11.5 Å². The van der Waals surface area contributed by atoms with E-state index in [0.29, 0.717) is 12.0 Å². The van der Waals surface area contributed by atoms with Crippen molar-refractivity contribution in [1.29, 1.82) is 0 Å². The molecule has 4 nitrogen and oxygen atoms in total. The number of nitrogens with zero attached hydrogens (tertiary/aromatic N) is 1. The van der Waals surface area contributed by atoms with Crippen molar-refractivity contribution in [2.45, 2.75) is 26.7 Å². The zero-order valence-electron chi connectivity index (χ0n) is 11.3. The van der Waals surface area contributed by atoms with Crippen LogP contribution in [0.4, 0.5) is 0 Å². The second kappa shape index (κ2) is 6.16. The highest BCUT2D eigenvalue weighted by molar-refractivity contribution is 7.91. The molecule has 1 heterocycles. The minimum atomic E-state index is -2.82. The van der Waals surface area contributed by atoms with Gasteiger partial charge in [-0.2, -0.15) is 0 Å². The number of piperidine rings is 1. The van der Waals surface area contributed by atoms with Crippen molar-refractivity contribution in [3.05, 3.63) is 0 Å². The van der Waals surface area contributed by atoms with Crippen molar-refractivity contribution in [1.82, 2.24) is 10.2 Å². The summed E-state index contributed by atoms with van der Waals surface area (Å²) in [5.74, 6) is 0.510. The van der Waals surface area contributed by atoms with E-state index in [4.69, 9.17) is 0 Å². The molecular weight excluding hydrogens is 236 g/mol. The fourth-order valence-corrected chi connectivity index (χ4v) is 2.84. The summed E-state index contributed by atoms with van der Waals surface area (Å²) in [6.07, 6.45) is 2.38. The highest BCUT2D eigenvalue weighted by Crippen LogP contribution is 2.29. The molecule has 1 N–H and O–H groups in total. The summed E-state index contributed by atoms with van der Waals surface area (Å²) < 4.78 is 22.7. The average molecular weight is 262 g/mol. The summed E-state index contributed by atoms with van der Waals surface area (Å²) in [7, 11) is -0.668. The van der Waals surface area contributed by atoms with Gasteiger partial charge in [0.15, 0.2) is 9.84 Å². The minimum Gasteiger partial charge on any atom is -0.315 e. The van der Waals surface area contributed by atoms with Gasteiger partial charge in [-0.1, -0.05) is 13.8 Å². The predicted molar refractivity (Wildman–Crippen MR) is 72.0 cm³/mol. The van der Waals surface area contributed by atoms with Crippen molar-refractivity contribution in [3.8, 4) is 0 Å². The normalized spacial score (nSPS) is 21.6. The smallest absolute Gasteiger partial charge is 0.151 e. The van der Waals surface area contributed by atoms with Crippen LogP contribution in [0.5, 0.6) is 0 Å². The van der Waals surface area contributed by atoms with E-state index < -0.39 is 9.84 Å². The summed E-state index contributed by atoms with van der Waals surface area (Å²) in [5, 5.41) is 3.30. The topological polar surface area (TPSA) is 49.4 Å². The molecule has 0 atom stereocenters. The molecule has 0 saturated carbocycles. The Labute approximate surface area is 106 Å². The van der Waals surface area contributed by atoms with Crippen LogP contribution in [0.3, 0.4) is 0 Å². The molecule has 1 aliphatic heterocycles. The fourth-order valence-electron chi connectivity index (χ4n) is 2.10. The van der Waals surface area contributed by atoms with Gasteiger partial charge in [-0.15, -0.1) is 0 Å². The first-order chi connectivity index (χ1) is 7.87. The molecule has 0 aromatic heterocycles. The monoisotopic (exact) mass is 262 g/mol. The van der Waals surface area contributed by atoms with E-state index >= 15 is 0 Å². The van der Waals surface area contributed by atoms with Crippen LogP contribution in [-0.4, -0.2) is 58.1 Å². The van der Waals surface area contributed by atoms with Gasteiger partial charge in [0.05, 0.1) is 5.75 Å². The van der Waals surface area contributed by atoms with Gasteiger partial charge in [-0.25, -0.2) is 8.42 Å². The molecule has 17 heavy (non-hydrogen) atoms. The van der Waals surface area contributed by atoms with E-state index in [0.717, 1.165) is 19.6 Å². The summed E-state index contributed by atoms with van der Waals surface area (Å²) in [6.45, 7) is 7.80. The van der Waals surface area contributed by atoms with Crippen molar-refractivity contribution in [2.75, 3.05) is 44.7 Å². The summed E-state index contributed by atoms with van der Waals surface area (Å²) in [5.41, 5.74) is 0.336. The molecular formula is C12H26N2O2S. The van der Waals surface area contributed by atoms with E-state index in [9.17, 15) is 8.42 Å². The molecule has 0 aromatic carbocycles. The highest BCUT2D eigenvalue weighted by atomic mass is 32.2.